The molecule has 0 radical (unpaired) electrons. The molecule has 0 saturated heterocycles. The van der Waals surface area contributed by atoms with Gasteiger partial charge in [0, 0.05) is 0 Å². The maximum Gasteiger partial charge on any atom is 0.114 e. The fraction of sp³-hybridized carbons (Fsp3) is 0.667. The van der Waals surface area contributed by atoms with Crippen molar-refractivity contribution in [3.05, 3.63) is 12.3 Å². The molecular weight excluding hydrogens is 104 g/mol. The Labute approximate surface area is 48.5 Å². The van der Waals surface area contributed by atoms with Crippen molar-refractivity contribution in [3.8, 4) is 0 Å². The van der Waals surface area contributed by atoms with Crippen molar-refractivity contribution in [2.24, 2.45) is 5.92 Å². The molecule has 1 aliphatic rings. The largest absolute Gasteiger partial charge is 0.510 e. The predicted octanol–water partition coefficient (Wildman–Crippen LogP) is 0.829. The first-order valence-electron chi connectivity index (χ1n) is 2.77. The Hall–Kier alpha value is -0.500. The maximum absolute atomic E-state index is 8.92. The van der Waals surface area contributed by atoms with Gasteiger partial charge in [0.05, 0.1) is 0 Å². The maximum atomic E-state index is 8.92. The molecule has 0 aromatic rings. The van der Waals surface area contributed by atoms with Crippen LogP contribution < -0.4 is 0 Å². The molecule has 0 aromatic carbocycles. The second kappa shape index (κ2) is 1.78. The average Bonchev–Trinajstić information content (AvgIpc) is 2.43. The molecule has 1 rings (SSSR count). The Morgan fingerprint density at radius 1 is 1.62 bits per heavy atom. The topological polar surface area (TPSA) is 40.5 Å². The first kappa shape index (κ1) is 5.63. The molecule has 0 spiro atoms. The number of aliphatic hydroxyl groups is 2. The van der Waals surface area contributed by atoms with Crippen LogP contribution in [0.1, 0.15) is 12.8 Å². The molecule has 46 valence electrons. The molecule has 1 aliphatic carbocycles. The van der Waals surface area contributed by atoms with Crippen LogP contribution in [0.15, 0.2) is 12.3 Å². The van der Waals surface area contributed by atoms with Crippen LogP contribution in [0.25, 0.3) is 0 Å². The van der Waals surface area contributed by atoms with E-state index in [0.29, 0.717) is 5.92 Å². The van der Waals surface area contributed by atoms with Crippen molar-refractivity contribution in [1.29, 1.82) is 0 Å². The highest BCUT2D eigenvalue weighted by Gasteiger charge is 2.31. The van der Waals surface area contributed by atoms with Gasteiger partial charge in [0.15, 0.2) is 0 Å². The molecule has 2 heteroatoms. The summed E-state index contributed by atoms with van der Waals surface area (Å²) in [6.45, 7) is 3.22. The molecule has 1 saturated carbocycles. The van der Waals surface area contributed by atoms with Gasteiger partial charge in [-0.3, -0.25) is 0 Å². The third kappa shape index (κ3) is 1.01. The fourth-order valence-electron chi connectivity index (χ4n) is 0.684. The Kier molecular flexibility index (Phi) is 1.26. The van der Waals surface area contributed by atoms with Crippen LogP contribution in [0.5, 0.6) is 0 Å². The Balaban J connectivity index is 2.32. The minimum absolute atomic E-state index is 0.0903. The number of hydrogen-bond acceptors (Lipinski definition) is 2. The average molecular weight is 114 g/mol. The highest BCUT2D eigenvalue weighted by Crippen LogP contribution is 2.34. The Morgan fingerprint density at radius 2 is 2.12 bits per heavy atom. The first-order chi connectivity index (χ1) is 3.72. The number of aliphatic hydroxyl groups excluding tert-OH is 2. The van der Waals surface area contributed by atoms with E-state index >= 15 is 0 Å². The van der Waals surface area contributed by atoms with E-state index in [-0.39, 0.29) is 5.76 Å². The highest BCUT2D eigenvalue weighted by atomic mass is 16.3. The molecule has 1 atom stereocenters. The van der Waals surface area contributed by atoms with Crippen LogP contribution in [-0.4, -0.2) is 16.3 Å². The third-order valence-corrected chi connectivity index (χ3v) is 1.41. The molecule has 1 fully saturated rings. The minimum Gasteiger partial charge on any atom is -0.510 e. The van der Waals surface area contributed by atoms with Crippen LogP contribution in [0.4, 0.5) is 0 Å². The Bertz CT molecular complexity index is 105. The minimum atomic E-state index is -0.657. The molecule has 0 bridgehead atoms. The van der Waals surface area contributed by atoms with E-state index in [1.54, 1.807) is 0 Å². The predicted molar refractivity (Wildman–Crippen MR) is 30.5 cm³/mol. The van der Waals surface area contributed by atoms with Crippen molar-refractivity contribution in [2.75, 3.05) is 0 Å². The van der Waals surface area contributed by atoms with Gasteiger partial charge in [0.25, 0.3) is 0 Å². The SMILES string of the molecule is C=C(O)C(O)C1CC1. The van der Waals surface area contributed by atoms with E-state index in [1.165, 1.54) is 0 Å². The molecule has 2 N–H and O–H groups in total. The fourth-order valence-corrected chi connectivity index (χ4v) is 0.684. The number of hydrogen-bond donors (Lipinski definition) is 2. The van der Waals surface area contributed by atoms with E-state index < -0.39 is 6.10 Å². The van der Waals surface area contributed by atoms with Gasteiger partial charge in [-0.05, 0) is 18.8 Å². The van der Waals surface area contributed by atoms with Crippen LogP contribution in [0.3, 0.4) is 0 Å². The lowest BCUT2D eigenvalue weighted by Crippen LogP contribution is -2.10. The lowest BCUT2D eigenvalue weighted by atomic mass is 10.2. The smallest absolute Gasteiger partial charge is 0.114 e. The summed E-state index contributed by atoms with van der Waals surface area (Å²) in [6.07, 6.45) is 1.40. The monoisotopic (exact) mass is 114 g/mol. The summed E-state index contributed by atoms with van der Waals surface area (Å²) >= 11 is 0. The van der Waals surface area contributed by atoms with Gasteiger partial charge in [-0.2, -0.15) is 0 Å². The summed E-state index contributed by atoms with van der Waals surface area (Å²) in [6, 6.07) is 0. The summed E-state index contributed by atoms with van der Waals surface area (Å²) in [5.74, 6) is 0.208. The highest BCUT2D eigenvalue weighted by molar-refractivity contribution is 4.97. The van der Waals surface area contributed by atoms with Crippen molar-refractivity contribution < 1.29 is 10.2 Å². The van der Waals surface area contributed by atoms with E-state index in [1.807, 2.05) is 0 Å². The van der Waals surface area contributed by atoms with Crippen LogP contribution in [0, 0.1) is 5.92 Å². The quantitative estimate of drug-likeness (QED) is 0.522. The van der Waals surface area contributed by atoms with Gasteiger partial charge in [0.1, 0.15) is 11.9 Å². The van der Waals surface area contributed by atoms with Crippen LogP contribution >= 0.6 is 0 Å². The summed E-state index contributed by atoms with van der Waals surface area (Å²) in [7, 11) is 0. The van der Waals surface area contributed by atoms with Gasteiger partial charge < -0.3 is 10.2 Å². The lowest BCUT2D eigenvalue weighted by Gasteiger charge is -2.03. The van der Waals surface area contributed by atoms with E-state index in [0.717, 1.165) is 12.8 Å². The normalized spacial score (nSPS) is 22.6. The number of rotatable bonds is 2. The molecule has 0 aliphatic heterocycles. The second-order valence-electron chi connectivity index (χ2n) is 2.27. The summed E-state index contributed by atoms with van der Waals surface area (Å²) in [4.78, 5) is 0. The summed E-state index contributed by atoms with van der Waals surface area (Å²) < 4.78 is 0. The molecule has 1 unspecified atom stereocenters. The van der Waals surface area contributed by atoms with Gasteiger partial charge >= 0.3 is 0 Å². The van der Waals surface area contributed by atoms with Gasteiger partial charge in [-0.15, -0.1) is 0 Å². The van der Waals surface area contributed by atoms with E-state index in [9.17, 15) is 0 Å². The van der Waals surface area contributed by atoms with Crippen LogP contribution in [0.2, 0.25) is 0 Å². The van der Waals surface area contributed by atoms with Crippen molar-refractivity contribution >= 4 is 0 Å². The van der Waals surface area contributed by atoms with Crippen molar-refractivity contribution in [1.82, 2.24) is 0 Å². The van der Waals surface area contributed by atoms with Crippen LogP contribution in [-0.2, 0) is 0 Å². The molecule has 8 heavy (non-hydrogen) atoms. The standard InChI is InChI=1S/C6H10O2/c1-4(7)6(8)5-2-3-5/h5-8H,1-3H2. The third-order valence-electron chi connectivity index (χ3n) is 1.41. The first-order valence-corrected chi connectivity index (χ1v) is 2.77. The zero-order valence-corrected chi connectivity index (χ0v) is 4.67. The molecular formula is C6H10O2. The molecule has 0 aromatic heterocycles. The summed E-state index contributed by atoms with van der Waals surface area (Å²) in [5, 5.41) is 17.5. The van der Waals surface area contributed by atoms with Crippen molar-refractivity contribution in [3.63, 3.8) is 0 Å². The molecule has 2 nitrogen and oxygen atoms in total. The summed E-state index contributed by atoms with van der Waals surface area (Å²) in [5.41, 5.74) is 0. The zero-order chi connectivity index (χ0) is 6.15. The lowest BCUT2D eigenvalue weighted by molar-refractivity contribution is 0.134. The Morgan fingerprint density at radius 3 is 2.25 bits per heavy atom. The second-order valence-corrected chi connectivity index (χ2v) is 2.27. The zero-order valence-electron chi connectivity index (χ0n) is 4.67. The molecule has 0 heterocycles. The van der Waals surface area contributed by atoms with E-state index in [4.69, 9.17) is 10.2 Å². The van der Waals surface area contributed by atoms with Crippen molar-refractivity contribution in [2.45, 2.75) is 18.9 Å². The van der Waals surface area contributed by atoms with E-state index in [2.05, 4.69) is 6.58 Å². The van der Waals surface area contributed by atoms with Gasteiger partial charge in [-0.25, -0.2) is 0 Å². The molecule has 0 amide bonds. The van der Waals surface area contributed by atoms with Gasteiger partial charge in [-0.1, -0.05) is 6.58 Å². The van der Waals surface area contributed by atoms with Gasteiger partial charge in [0.2, 0.25) is 0 Å².